The summed E-state index contributed by atoms with van der Waals surface area (Å²) >= 11 is 1.35. The fraction of sp³-hybridized carbons (Fsp3) is 0. The lowest BCUT2D eigenvalue weighted by molar-refractivity contribution is 1.30. The van der Waals surface area contributed by atoms with E-state index in [1.807, 2.05) is 42.5 Å². The summed E-state index contributed by atoms with van der Waals surface area (Å²) < 4.78 is 1.46. The number of hydrogen-bond donors (Lipinski definition) is 0. The van der Waals surface area contributed by atoms with Gasteiger partial charge in [0.2, 0.25) is 0 Å². The second kappa shape index (κ2) is 3.91. The van der Waals surface area contributed by atoms with E-state index >= 15 is 0 Å². The van der Waals surface area contributed by atoms with Crippen LogP contribution in [0.15, 0.2) is 18.2 Å². The van der Waals surface area contributed by atoms with E-state index in [-0.39, 0.29) is 5.57 Å². The molecular formula is C11H5N3S. The molecule has 0 spiro atoms. The van der Waals surface area contributed by atoms with Crippen molar-refractivity contribution in [2.24, 2.45) is 0 Å². The molecule has 0 radical (unpaired) electrons. The molecule has 0 bridgehead atoms. The third-order valence-electron chi connectivity index (χ3n) is 1.84. The van der Waals surface area contributed by atoms with Gasteiger partial charge < -0.3 is 0 Å². The molecule has 1 aliphatic rings. The first kappa shape index (κ1) is 9.39. The Balaban J connectivity index is 2.80. The highest BCUT2D eigenvalue weighted by molar-refractivity contribution is 7.07. The number of nitriles is 2. The summed E-state index contributed by atoms with van der Waals surface area (Å²) in [6.07, 6.45) is 9.48. The quantitative estimate of drug-likeness (QED) is 0.634. The molecule has 15 heavy (non-hydrogen) atoms. The zero-order valence-corrected chi connectivity index (χ0v) is 8.45. The van der Waals surface area contributed by atoms with E-state index in [9.17, 15) is 0 Å². The van der Waals surface area contributed by atoms with E-state index in [1.165, 1.54) is 11.3 Å². The van der Waals surface area contributed by atoms with Crippen molar-refractivity contribution in [1.82, 2.24) is 4.98 Å². The van der Waals surface area contributed by atoms with Crippen LogP contribution in [0.4, 0.5) is 0 Å². The Hall–Kier alpha value is -2.17. The second-order valence-corrected chi connectivity index (χ2v) is 3.81. The SMILES string of the molecule is N#CC(C#N)=c1nc2c(s1)=CC=CC=C2. The summed E-state index contributed by atoms with van der Waals surface area (Å²) in [5, 5.41) is 17.4. The molecule has 0 saturated heterocycles. The van der Waals surface area contributed by atoms with Crippen LogP contribution in [0, 0.1) is 22.7 Å². The summed E-state index contributed by atoms with van der Waals surface area (Å²) in [7, 11) is 0. The molecule has 0 amide bonds. The smallest absolute Gasteiger partial charge is 0.165 e. The van der Waals surface area contributed by atoms with Gasteiger partial charge in [-0.05, 0) is 12.2 Å². The first-order chi connectivity index (χ1) is 7.35. The Kier molecular flexibility index (Phi) is 2.45. The number of allylic oxidation sites excluding steroid dienone is 3. The lowest BCUT2D eigenvalue weighted by Crippen LogP contribution is -2.01. The van der Waals surface area contributed by atoms with Crippen molar-refractivity contribution in [2.45, 2.75) is 0 Å². The van der Waals surface area contributed by atoms with E-state index < -0.39 is 0 Å². The standard InChI is InChI=1S/C11H5N3S/c12-6-8(7-13)11-14-9-4-2-1-3-5-10(9)15-11/h1-5H. The van der Waals surface area contributed by atoms with Crippen molar-refractivity contribution < 1.29 is 0 Å². The van der Waals surface area contributed by atoms with Crippen LogP contribution < -0.4 is 9.20 Å². The van der Waals surface area contributed by atoms with Gasteiger partial charge in [0.1, 0.15) is 16.8 Å². The average Bonchev–Trinajstić information content (AvgIpc) is 2.52. The number of fused-ring (bicyclic) bond motifs is 1. The highest BCUT2D eigenvalue weighted by atomic mass is 32.1. The molecule has 0 saturated carbocycles. The Labute approximate surface area is 90.2 Å². The van der Waals surface area contributed by atoms with Gasteiger partial charge in [0, 0.05) is 0 Å². The van der Waals surface area contributed by atoms with Crippen LogP contribution in [0.1, 0.15) is 5.69 Å². The van der Waals surface area contributed by atoms with Gasteiger partial charge in [-0.1, -0.05) is 18.2 Å². The predicted octanol–water partition coefficient (Wildman–Crippen LogP) is 0.704. The topological polar surface area (TPSA) is 60.5 Å². The van der Waals surface area contributed by atoms with Crippen LogP contribution in [-0.2, 0) is 0 Å². The van der Waals surface area contributed by atoms with E-state index in [2.05, 4.69) is 4.98 Å². The molecule has 0 unspecified atom stereocenters. The highest BCUT2D eigenvalue weighted by Gasteiger charge is 2.02. The molecule has 1 aromatic heterocycles. The molecule has 70 valence electrons. The second-order valence-electron chi connectivity index (χ2n) is 2.78. The van der Waals surface area contributed by atoms with E-state index in [1.54, 1.807) is 0 Å². The van der Waals surface area contributed by atoms with Gasteiger partial charge >= 0.3 is 0 Å². The van der Waals surface area contributed by atoms with Gasteiger partial charge in [-0.15, -0.1) is 11.3 Å². The lowest BCUT2D eigenvalue weighted by atomic mass is 10.3. The van der Waals surface area contributed by atoms with Gasteiger partial charge in [0.05, 0.1) is 10.2 Å². The van der Waals surface area contributed by atoms with Crippen molar-refractivity contribution in [3.8, 4) is 12.1 Å². The van der Waals surface area contributed by atoms with Crippen molar-refractivity contribution in [3.63, 3.8) is 0 Å². The molecule has 0 N–H and O–H groups in total. The normalized spacial score (nSPS) is 11.9. The summed E-state index contributed by atoms with van der Waals surface area (Å²) in [5.74, 6) is 0. The maximum atomic E-state index is 8.71. The number of thiazole rings is 1. The number of rotatable bonds is 0. The molecule has 1 aromatic rings. The fourth-order valence-corrected chi connectivity index (χ4v) is 2.07. The molecule has 2 rings (SSSR count). The number of hydrogen-bond acceptors (Lipinski definition) is 4. The minimum Gasteiger partial charge on any atom is -0.234 e. The van der Waals surface area contributed by atoms with Gasteiger partial charge in [0.25, 0.3) is 0 Å². The van der Waals surface area contributed by atoms with Crippen LogP contribution in [0.25, 0.3) is 17.7 Å². The molecular weight excluding hydrogens is 206 g/mol. The van der Waals surface area contributed by atoms with Crippen molar-refractivity contribution in [3.05, 3.63) is 33.1 Å². The van der Waals surface area contributed by atoms with Crippen LogP contribution in [0.5, 0.6) is 0 Å². The minimum absolute atomic E-state index is 0.0684. The molecule has 1 aliphatic carbocycles. The third kappa shape index (κ3) is 1.71. The largest absolute Gasteiger partial charge is 0.234 e. The van der Waals surface area contributed by atoms with Crippen LogP contribution in [0.3, 0.4) is 0 Å². The van der Waals surface area contributed by atoms with Crippen molar-refractivity contribution in [2.75, 3.05) is 0 Å². The van der Waals surface area contributed by atoms with Gasteiger partial charge in [-0.25, -0.2) is 4.98 Å². The van der Waals surface area contributed by atoms with Crippen LogP contribution in [-0.4, -0.2) is 4.98 Å². The van der Waals surface area contributed by atoms with Crippen molar-refractivity contribution >= 4 is 29.1 Å². The Morgan fingerprint density at radius 3 is 2.73 bits per heavy atom. The van der Waals surface area contributed by atoms with Gasteiger partial charge in [0.15, 0.2) is 5.57 Å². The molecule has 0 atom stereocenters. The maximum Gasteiger partial charge on any atom is 0.165 e. The Morgan fingerprint density at radius 2 is 2.00 bits per heavy atom. The fourth-order valence-electron chi connectivity index (χ4n) is 1.16. The van der Waals surface area contributed by atoms with E-state index in [0.29, 0.717) is 4.66 Å². The molecule has 4 heteroatoms. The molecule has 0 fully saturated rings. The molecule has 1 heterocycles. The summed E-state index contributed by atoms with van der Waals surface area (Å²) in [4.78, 5) is 4.23. The molecule has 3 nitrogen and oxygen atoms in total. The van der Waals surface area contributed by atoms with Gasteiger partial charge in [-0.3, -0.25) is 0 Å². The Bertz CT molecular complexity index is 631. The zero-order chi connectivity index (χ0) is 10.7. The number of nitrogens with zero attached hydrogens (tertiary/aromatic N) is 3. The van der Waals surface area contributed by atoms with Crippen LogP contribution >= 0.6 is 11.3 Å². The maximum absolute atomic E-state index is 8.71. The lowest BCUT2D eigenvalue weighted by Gasteiger charge is -1.78. The minimum atomic E-state index is 0.0684. The molecule has 0 aliphatic heterocycles. The van der Waals surface area contributed by atoms with Gasteiger partial charge in [-0.2, -0.15) is 10.5 Å². The first-order valence-corrected chi connectivity index (χ1v) is 5.03. The summed E-state index contributed by atoms with van der Waals surface area (Å²) in [6, 6.07) is 3.68. The first-order valence-electron chi connectivity index (χ1n) is 4.21. The monoisotopic (exact) mass is 211 g/mol. The highest BCUT2D eigenvalue weighted by Crippen LogP contribution is 1.98. The third-order valence-corrected chi connectivity index (χ3v) is 2.90. The predicted molar refractivity (Wildman–Crippen MR) is 58.6 cm³/mol. The Morgan fingerprint density at radius 1 is 1.20 bits per heavy atom. The molecule has 0 aromatic carbocycles. The van der Waals surface area contributed by atoms with Crippen LogP contribution in [0.2, 0.25) is 0 Å². The van der Waals surface area contributed by atoms with Crippen molar-refractivity contribution in [1.29, 1.82) is 10.5 Å². The summed E-state index contributed by atoms with van der Waals surface area (Å²) in [6.45, 7) is 0. The van der Waals surface area contributed by atoms with E-state index in [0.717, 1.165) is 10.2 Å². The average molecular weight is 211 g/mol. The number of aromatic nitrogens is 1. The van der Waals surface area contributed by atoms with E-state index in [4.69, 9.17) is 10.5 Å². The zero-order valence-electron chi connectivity index (χ0n) is 7.64. The summed E-state index contributed by atoms with van der Waals surface area (Å²) in [5.41, 5.74) is 0.877.